The number of aromatic amines is 1. The highest BCUT2D eigenvalue weighted by Crippen LogP contribution is 2.60. The van der Waals surface area contributed by atoms with Crippen LogP contribution in [-0.2, 0) is 5.41 Å². The summed E-state index contributed by atoms with van der Waals surface area (Å²) in [5.74, 6) is -2.61. The van der Waals surface area contributed by atoms with Gasteiger partial charge in [0.05, 0.1) is 5.41 Å². The second kappa shape index (κ2) is 2.07. The Kier molecular flexibility index (Phi) is 1.33. The molecule has 1 aliphatic carbocycles. The molecule has 1 heterocycles. The van der Waals surface area contributed by atoms with Crippen LogP contribution in [0.3, 0.4) is 0 Å². The van der Waals surface area contributed by atoms with Gasteiger partial charge in [0.1, 0.15) is 0 Å². The summed E-state index contributed by atoms with van der Waals surface area (Å²) < 4.78 is 25.8. The summed E-state index contributed by atoms with van der Waals surface area (Å²) in [7, 11) is 0. The van der Waals surface area contributed by atoms with E-state index in [0.717, 1.165) is 0 Å². The molecule has 0 radical (unpaired) electrons. The smallest absolute Gasteiger partial charge is 0.260 e. The van der Waals surface area contributed by atoms with Gasteiger partial charge in [0.15, 0.2) is 0 Å². The van der Waals surface area contributed by atoms with Gasteiger partial charge < -0.3 is 10.7 Å². The fraction of sp³-hybridized carbons (Fsp3) is 0.500. The Morgan fingerprint density at radius 3 is 2.58 bits per heavy atom. The SMILES string of the molecule is NCC1(c2cc[nH]c2)CC1(F)F. The van der Waals surface area contributed by atoms with Crippen LogP contribution >= 0.6 is 0 Å². The van der Waals surface area contributed by atoms with Crippen LogP contribution in [0.5, 0.6) is 0 Å². The van der Waals surface area contributed by atoms with Crippen molar-refractivity contribution in [1.29, 1.82) is 0 Å². The maximum atomic E-state index is 12.9. The number of hydrogen-bond donors (Lipinski definition) is 2. The monoisotopic (exact) mass is 172 g/mol. The fourth-order valence-electron chi connectivity index (χ4n) is 1.61. The fourth-order valence-corrected chi connectivity index (χ4v) is 1.61. The second-order valence-electron chi connectivity index (χ2n) is 3.27. The van der Waals surface area contributed by atoms with Crippen LogP contribution in [0.1, 0.15) is 12.0 Å². The van der Waals surface area contributed by atoms with Gasteiger partial charge >= 0.3 is 0 Å². The van der Waals surface area contributed by atoms with Crippen molar-refractivity contribution in [3.8, 4) is 0 Å². The summed E-state index contributed by atoms with van der Waals surface area (Å²) in [5, 5.41) is 0. The van der Waals surface area contributed by atoms with Crippen LogP contribution in [0.25, 0.3) is 0 Å². The van der Waals surface area contributed by atoms with E-state index >= 15 is 0 Å². The van der Waals surface area contributed by atoms with Gasteiger partial charge in [0.25, 0.3) is 5.92 Å². The van der Waals surface area contributed by atoms with Crippen LogP contribution < -0.4 is 5.73 Å². The van der Waals surface area contributed by atoms with Gasteiger partial charge in [0, 0.05) is 25.4 Å². The molecule has 0 aliphatic heterocycles. The molecule has 0 aromatic carbocycles. The van der Waals surface area contributed by atoms with Crippen molar-refractivity contribution in [3.05, 3.63) is 24.0 Å². The van der Waals surface area contributed by atoms with Crippen molar-refractivity contribution in [2.24, 2.45) is 5.73 Å². The minimum atomic E-state index is -2.61. The summed E-state index contributed by atoms with van der Waals surface area (Å²) in [6.45, 7) is 0.0118. The lowest BCUT2D eigenvalue weighted by Crippen LogP contribution is -2.26. The number of hydrogen-bond acceptors (Lipinski definition) is 1. The number of nitrogens with one attached hydrogen (secondary N) is 1. The van der Waals surface area contributed by atoms with E-state index in [2.05, 4.69) is 4.98 Å². The lowest BCUT2D eigenvalue weighted by molar-refractivity contribution is 0.0896. The first kappa shape index (κ1) is 7.73. The van der Waals surface area contributed by atoms with Gasteiger partial charge in [-0.25, -0.2) is 8.78 Å². The largest absolute Gasteiger partial charge is 0.367 e. The summed E-state index contributed by atoms with van der Waals surface area (Å²) in [6.07, 6.45) is 3.11. The quantitative estimate of drug-likeness (QED) is 0.692. The molecule has 1 fully saturated rings. The van der Waals surface area contributed by atoms with Crippen molar-refractivity contribution in [3.63, 3.8) is 0 Å². The normalized spacial score (nSPS) is 31.9. The molecule has 0 spiro atoms. The van der Waals surface area contributed by atoms with E-state index in [1.165, 1.54) is 0 Å². The highest BCUT2D eigenvalue weighted by atomic mass is 19.3. The zero-order chi connectivity index (χ0) is 8.82. The van der Waals surface area contributed by atoms with Crippen LogP contribution in [-0.4, -0.2) is 17.5 Å². The minimum absolute atomic E-state index is 0.0118. The van der Waals surface area contributed by atoms with E-state index in [1.54, 1.807) is 18.5 Å². The van der Waals surface area contributed by atoms with Gasteiger partial charge in [-0.3, -0.25) is 0 Å². The van der Waals surface area contributed by atoms with Gasteiger partial charge in [0.2, 0.25) is 0 Å². The maximum absolute atomic E-state index is 12.9. The number of aromatic nitrogens is 1. The van der Waals surface area contributed by atoms with Crippen molar-refractivity contribution in [2.75, 3.05) is 6.54 Å². The molecule has 2 rings (SSSR count). The first-order chi connectivity index (χ1) is 5.62. The maximum Gasteiger partial charge on any atom is 0.260 e. The van der Waals surface area contributed by atoms with Crippen LogP contribution in [0.2, 0.25) is 0 Å². The molecule has 66 valence electrons. The number of H-pyrrole nitrogens is 1. The lowest BCUT2D eigenvalue weighted by Gasteiger charge is -2.10. The van der Waals surface area contributed by atoms with E-state index in [1.807, 2.05) is 0 Å². The van der Waals surface area contributed by atoms with Gasteiger partial charge in [-0.15, -0.1) is 0 Å². The van der Waals surface area contributed by atoms with Crippen molar-refractivity contribution >= 4 is 0 Å². The summed E-state index contributed by atoms with van der Waals surface area (Å²) in [5.41, 5.74) is 4.89. The van der Waals surface area contributed by atoms with Gasteiger partial charge in [-0.2, -0.15) is 0 Å². The molecule has 1 aliphatic rings. The highest BCUT2D eigenvalue weighted by Gasteiger charge is 2.71. The topological polar surface area (TPSA) is 41.8 Å². The standard InChI is InChI=1S/C8H10F2N2/c9-8(10)4-7(8,5-11)6-1-2-12-3-6/h1-3,12H,4-5,11H2. The average molecular weight is 172 g/mol. The molecule has 1 aromatic rings. The Labute approximate surface area is 68.8 Å². The second-order valence-corrected chi connectivity index (χ2v) is 3.27. The zero-order valence-electron chi connectivity index (χ0n) is 6.48. The van der Waals surface area contributed by atoms with E-state index in [0.29, 0.717) is 5.56 Å². The Hall–Kier alpha value is -0.900. The number of nitrogens with two attached hydrogens (primary N) is 1. The van der Waals surface area contributed by atoms with E-state index in [9.17, 15) is 8.78 Å². The predicted octanol–water partition coefficient (Wildman–Crippen LogP) is 1.25. The summed E-state index contributed by atoms with van der Waals surface area (Å²) >= 11 is 0. The first-order valence-corrected chi connectivity index (χ1v) is 3.83. The Morgan fingerprint density at radius 2 is 2.25 bits per heavy atom. The first-order valence-electron chi connectivity index (χ1n) is 3.83. The van der Waals surface area contributed by atoms with E-state index in [4.69, 9.17) is 5.73 Å². The molecular formula is C8H10F2N2. The third-order valence-corrected chi connectivity index (χ3v) is 2.60. The third kappa shape index (κ3) is 0.756. The van der Waals surface area contributed by atoms with E-state index < -0.39 is 11.3 Å². The summed E-state index contributed by atoms with van der Waals surface area (Å²) in [4.78, 5) is 2.76. The number of rotatable bonds is 2. The molecule has 1 unspecified atom stereocenters. The molecule has 0 amide bonds. The van der Waals surface area contributed by atoms with Crippen molar-refractivity contribution < 1.29 is 8.78 Å². The average Bonchev–Trinajstić information content (AvgIpc) is 2.52. The lowest BCUT2D eigenvalue weighted by atomic mass is 9.99. The van der Waals surface area contributed by atoms with Gasteiger partial charge in [-0.1, -0.05) is 0 Å². The zero-order valence-corrected chi connectivity index (χ0v) is 6.48. The molecule has 0 saturated heterocycles. The van der Waals surface area contributed by atoms with Crippen molar-refractivity contribution in [1.82, 2.24) is 4.98 Å². The van der Waals surface area contributed by atoms with Crippen molar-refractivity contribution in [2.45, 2.75) is 17.8 Å². The third-order valence-electron chi connectivity index (χ3n) is 2.60. The molecule has 4 heteroatoms. The molecule has 1 aromatic heterocycles. The minimum Gasteiger partial charge on any atom is -0.367 e. The summed E-state index contributed by atoms with van der Waals surface area (Å²) in [6, 6.07) is 1.66. The van der Waals surface area contributed by atoms with Crippen LogP contribution in [0.15, 0.2) is 18.5 Å². The molecule has 1 atom stereocenters. The Balaban J connectivity index is 2.34. The van der Waals surface area contributed by atoms with E-state index in [-0.39, 0.29) is 13.0 Å². The molecule has 2 nitrogen and oxygen atoms in total. The van der Waals surface area contributed by atoms with Crippen LogP contribution in [0, 0.1) is 0 Å². The molecular weight excluding hydrogens is 162 g/mol. The molecule has 1 saturated carbocycles. The number of alkyl halides is 2. The molecule has 3 N–H and O–H groups in total. The van der Waals surface area contributed by atoms with Crippen LogP contribution in [0.4, 0.5) is 8.78 Å². The predicted molar refractivity (Wildman–Crippen MR) is 41.1 cm³/mol. The highest BCUT2D eigenvalue weighted by molar-refractivity contribution is 5.36. The molecule has 12 heavy (non-hydrogen) atoms. The molecule has 0 bridgehead atoms. The number of halogens is 2. The van der Waals surface area contributed by atoms with Gasteiger partial charge in [-0.05, 0) is 11.6 Å². The Bertz CT molecular complexity index is 281. The Morgan fingerprint density at radius 1 is 1.58 bits per heavy atom.